The number of para-hydroxylation sites is 2. The number of carbonyl (C=O) groups is 1. The number of benzene rings is 1. The van der Waals surface area contributed by atoms with Crippen LogP contribution >= 0.6 is 0 Å². The van der Waals surface area contributed by atoms with E-state index in [0.717, 1.165) is 37.3 Å². The lowest BCUT2D eigenvalue weighted by molar-refractivity contribution is -0.116. The molecule has 0 aliphatic carbocycles. The molecule has 0 unspecified atom stereocenters. The van der Waals surface area contributed by atoms with E-state index in [1.165, 1.54) is 29.7 Å². The first-order valence-electron chi connectivity index (χ1n) is 8.57. The topological polar surface area (TPSA) is 87.2 Å². The third-order valence-electron chi connectivity index (χ3n) is 4.34. The molecule has 25 heavy (non-hydrogen) atoms. The van der Waals surface area contributed by atoms with E-state index in [4.69, 9.17) is 0 Å². The van der Waals surface area contributed by atoms with Crippen LogP contribution in [0.1, 0.15) is 25.7 Å². The molecule has 2 aromatic rings. The maximum absolute atomic E-state index is 12.3. The summed E-state index contributed by atoms with van der Waals surface area (Å²) in [5.74, 6) is -0.309. The fourth-order valence-corrected chi connectivity index (χ4v) is 3.08. The maximum atomic E-state index is 12.3. The molecule has 1 aromatic heterocycles. The normalized spacial score (nSPS) is 14.8. The first-order valence-corrected chi connectivity index (χ1v) is 8.57. The highest BCUT2D eigenvalue weighted by atomic mass is 16.2. The molecule has 132 valence electrons. The number of anilines is 2. The summed E-state index contributed by atoms with van der Waals surface area (Å²) in [6.45, 7) is 1.81. The number of amides is 1. The summed E-state index contributed by atoms with van der Waals surface area (Å²) in [6.07, 6.45) is 6.09. The highest BCUT2D eigenvalue weighted by Gasteiger charge is 2.15. The molecule has 1 amide bonds. The van der Waals surface area contributed by atoms with Gasteiger partial charge in [0.05, 0.1) is 11.4 Å². The van der Waals surface area contributed by atoms with Crippen LogP contribution in [0, 0.1) is 0 Å². The fourth-order valence-electron chi connectivity index (χ4n) is 3.08. The van der Waals surface area contributed by atoms with Gasteiger partial charge in [-0.1, -0.05) is 25.0 Å². The number of nitrogens with one attached hydrogen (secondary N) is 2. The van der Waals surface area contributed by atoms with Crippen molar-refractivity contribution in [2.24, 2.45) is 0 Å². The Hall–Kier alpha value is -2.83. The van der Waals surface area contributed by atoms with Crippen LogP contribution in [0.3, 0.4) is 0 Å². The monoisotopic (exact) mass is 342 g/mol. The highest BCUT2D eigenvalue weighted by Crippen LogP contribution is 2.27. The van der Waals surface area contributed by atoms with Gasteiger partial charge >= 0.3 is 5.69 Å². The minimum atomic E-state index is -0.594. The van der Waals surface area contributed by atoms with Gasteiger partial charge in [-0.3, -0.25) is 19.1 Å². The lowest BCUT2D eigenvalue weighted by Crippen LogP contribution is -2.33. The summed E-state index contributed by atoms with van der Waals surface area (Å²) in [7, 11) is 0. The molecule has 0 saturated carbocycles. The molecule has 0 atom stereocenters. The Morgan fingerprint density at radius 2 is 1.76 bits per heavy atom. The average molecular weight is 342 g/mol. The average Bonchev–Trinajstić information content (AvgIpc) is 2.87. The summed E-state index contributed by atoms with van der Waals surface area (Å²) in [5.41, 5.74) is 0.676. The van der Waals surface area contributed by atoms with E-state index in [1.54, 1.807) is 0 Å². The Bertz CT molecular complexity index is 848. The smallest absolute Gasteiger partial charge is 0.328 e. The van der Waals surface area contributed by atoms with Crippen molar-refractivity contribution in [2.45, 2.75) is 32.2 Å². The van der Waals surface area contributed by atoms with E-state index in [9.17, 15) is 14.4 Å². The Kier molecular flexibility index (Phi) is 5.33. The molecule has 0 radical (unpaired) electrons. The van der Waals surface area contributed by atoms with Crippen LogP contribution in [-0.4, -0.2) is 28.5 Å². The Balaban J connectivity index is 1.75. The van der Waals surface area contributed by atoms with Crippen LogP contribution in [0.15, 0.2) is 46.1 Å². The number of H-pyrrole nitrogens is 1. The lowest BCUT2D eigenvalue weighted by atomic mass is 10.2. The standard InChI is InChI=1S/C18H22N4O3/c23-16-9-12-22(18(25)20-16)13-17(24)19-14-7-3-4-8-15(14)21-10-5-1-2-6-11-21/h3-4,7-9,12H,1-2,5-6,10-11,13H2,(H,19,24)(H,20,23,25). The van der Waals surface area contributed by atoms with Gasteiger partial charge in [-0.05, 0) is 25.0 Å². The second-order valence-electron chi connectivity index (χ2n) is 6.20. The molecule has 7 nitrogen and oxygen atoms in total. The second-order valence-corrected chi connectivity index (χ2v) is 6.20. The summed E-state index contributed by atoms with van der Waals surface area (Å²) in [6, 6.07) is 8.94. The molecule has 1 fully saturated rings. The highest BCUT2D eigenvalue weighted by molar-refractivity contribution is 5.94. The predicted octanol–water partition coefficient (Wildman–Crippen LogP) is 1.56. The molecule has 0 bridgehead atoms. The number of aromatic amines is 1. The van der Waals surface area contributed by atoms with Crippen molar-refractivity contribution in [3.8, 4) is 0 Å². The lowest BCUT2D eigenvalue weighted by Gasteiger charge is -2.25. The van der Waals surface area contributed by atoms with E-state index in [-0.39, 0.29) is 12.5 Å². The van der Waals surface area contributed by atoms with Crippen LogP contribution in [0.2, 0.25) is 0 Å². The third-order valence-corrected chi connectivity index (χ3v) is 4.34. The first kappa shape index (κ1) is 17.0. The van der Waals surface area contributed by atoms with Gasteiger partial charge in [-0.25, -0.2) is 4.79 Å². The van der Waals surface area contributed by atoms with Crippen LogP contribution in [-0.2, 0) is 11.3 Å². The molecule has 1 aromatic carbocycles. The van der Waals surface area contributed by atoms with E-state index >= 15 is 0 Å². The molecule has 2 N–H and O–H groups in total. The Labute approximate surface area is 145 Å². The third kappa shape index (κ3) is 4.37. The van der Waals surface area contributed by atoms with Gasteiger partial charge < -0.3 is 10.2 Å². The Morgan fingerprint density at radius 3 is 2.48 bits per heavy atom. The summed E-state index contributed by atoms with van der Waals surface area (Å²) in [5, 5.41) is 2.89. The number of carbonyl (C=O) groups excluding carboxylic acids is 1. The number of hydrogen-bond acceptors (Lipinski definition) is 4. The van der Waals surface area contributed by atoms with E-state index in [2.05, 4.69) is 15.2 Å². The zero-order valence-electron chi connectivity index (χ0n) is 14.0. The van der Waals surface area contributed by atoms with Gasteiger partial charge in [-0.15, -0.1) is 0 Å². The number of nitrogens with zero attached hydrogens (tertiary/aromatic N) is 2. The van der Waals surface area contributed by atoms with Crippen molar-refractivity contribution in [1.82, 2.24) is 9.55 Å². The van der Waals surface area contributed by atoms with Crippen molar-refractivity contribution in [2.75, 3.05) is 23.3 Å². The number of rotatable bonds is 4. The summed E-state index contributed by atoms with van der Waals surface area (Å²) < 4.78 is 1.17. The van der Waals surface area contributed by atoms with Crippen molar-refractivity contribution < 1.29 is 4.79 Å². The van der Waals surface area contributed by atoms with Gasteiger partial charge in [0.1, 0.15) is 6.54 Å². The van der Waals surface area contributed by atoms with Crippen LogP contribution in [0.25, 0.3) is 0 Å². The van der Waals surface area contributed by atoms with Crippen molar-refractivity contribution >= 4 is 17.3 Å². The second kappa shape index (κ2) is 7.83. The maximum Gasteiger partial charge on any atom is 0.328 e. The number of aromatic nitrogens is 2. The molecule has 1 aliphatic heterocycles. The van der Waals surface area contributed by atoms with Crippen LogP contribution in [0.4, 0.5) is 11.4 Å². The molecule has 7 heteroatoms. The van der Waals surface area contributed by atoms with Crippen LogP contribution in [0.5, 0.6) is 0 Å². The molecular formula is C18H22N4O3. The minimum absolute atomic E-state index is 0.149. The zero-order valence-corrected chi connectivity index (χ0v) is 14.0. The zero-order chi connectivity index (χ0) is 17.6. The first-order chi connectivity index (χ1) is 12.1. The van der Waals surface area contributed by atoms with Gasteiger partial charge in [-0.2, -0.15) is 0 Å². The largest absolute Gasteiger partial charge is 0.370 e. The predicted molar refractivity (Wildman–Crippen MR) is 97.1 cm³/mol. The van der Waals surface area contributed by atoms with Crippen LogP contribution < -0.4 is 21.5 Å². The van der Waals surface area contributed by atoms with E-state index in [0.29, 0.717) is 0 Å². The summed E-state index contributed by atoms with van der Waals surface area (Å²) >= 11 is 0. The Morgan fingerprint density at radius 1 is 1.04 bits per heavy atom. The molecule has 0 spiro atoms. The van der Waals surface area contributed by atoms with E-state index in [1.807, 2.05) is 24.3 Å². The van der Waals surface area contributed by atoms with Crippen molar-refractivity contribution in [3.05, 3.63) is 57.4 Å². The van der Waals surface area contributed by atoms with E-state index < -0.39 is 11.2 Å². The SMILES string of the molecule is O=C(Cn1ccc(=O)[nH]c1=O)Nc1ccccc1N1CCCCCC1. The minimum Gasteiger partial charge on any atom is -0.370 e. The molecular weight excluding hydrogens is 320 g/mol. The van der Waals surface area contributed by atoms with Gasteiger partial charge in [0.2, 0.25) is 5.91 Å². The molecule has 3 rings (SSSR count). The van der Waals surface area contributed by atoms with Crippen molar-refractivity contribution in [1.29, 1.82) is 0 Å². The van der Waals surface area contributed by atoms with Crippen molar-refractivity contribution in [3.63, 3.8) is 0 Å². The summed E-state index contributed by atoms with van der Waals surface area (Å²) in [4.78, 5) is 39.6. The number of hydrogen-bond donors (Lipinski definition) is 2. The van der Waals surface area contributed by atoms with Gasteiger partial charge in [0.15, 0.2) is 0 Å². The van der Waals surface area contributed by atoms with Gasteiger partial charge in [0, 0.05) is 25.4 Å². The molecule has 1 aliphatic rings. The fraction of sp³-hybridized carbons (Fsp3) is 0.389. The molecule has 1 saturated heterocycles. The molecule has 2 heterocycles. The quantitative estimate of drug-likeness (QED) is 0.883. The van der Waals surface area contributed by atoms with Gasteiger partial charge in [0.25, 0.3) is 5.56 Å².